The zero-order chi connectivity index (χ0) is 15.9. The van der Waals surface area contributed by atoms with Gasteiger partial charge in [0.25, 0.3) is 0 Å². The van der Waals surface area contributed by atoms with Gasteiger partial charge in [0.1, 0.15) is 29.2 Å². The van der Waals surface area contributed by atoms with Gasteiger partial charge in [-0.05, 0) is 33.6 Å². The van der Waals surface area contributed by atoms with Crippen molar-refractivity contribution >= 4 is 23.5 Å². The molecule has 0 fully saturated rings. The summed E-state index contributed by atoms with van der Waals surface area (Å²) in [5.41, 5.74) is -0.350. The summed E-state index contributed by atoms with van der Waals surface area (Å²) in [6.07, 6.45) is 2.58. The fourth-order valence-corrected chi connectivity index (χ4v) is 2.05. The summed E-state index contributed by atoms with van der Waals surface area (Å²) in [6.45, 7) is 7.44. The SMILES string of the molecule is CC(C)(C)[SH+]OCCCCNc1ncc(F)cc1[N+](=O)[O-]. The molecule has 0 saturated carbocycles. The molecule has 0 aliphatic rings. The van der Waals surface area contributed by atoms with Crippen LogP contribution in [0.15, 0.2) is 12.3 Å². The fourth-order valence-electron chi connectivity index (χ4n) is 1.44. The molecule has 0 bridgehead atoms. The summed E-state index contributed by atoms with van der Waals surface area (Å²) >= 11 is 0.944. The molecule has 0 atom stereocenters. The predicted molar refractivity (Wildman–Crippen MR) is 83.0 cm³/mol. The second kappa shape index (κ2) is 8.14. The Labute approximate surface area is 127 Å². The highest BCUT2D eigenvalue weighted by molar-refractivity contribution is 7.75. The van der Waals surface area contributed by atoms with Gasteiger partial charge in [0.2, 0.25) is 5.82 Å². The number of hydrogen-bond acceptors (Lipinski definition) is 5. The minimum absolute atomic E-state index is 0.0927. The standard InChI is InChI=1S/C13H20FN3O3S/c1-13(2,3)21-20-7-5-4-6-15-12-11(17(18)19)8-10(14)9-16-12/h8-9H,4-7H2,1-3H3,(H,15,16)/p+1. The van der Waals surface area contributed by atoms with E-state index in [1.165, 1.54) is 0 Å². The van der Waals surface area contributed by atoms with Gasteiger partial charge in [0.15, 0.2) is 0 Å². The molecule has 0 aromatic carbocycles. The number of anilines is 1. The highest BCUT2D eigenvalue weighted by atomic mass is 32.2. The number of halogens is 1. The molecule has 1 rings (SSSR count). The molecular weight excluding hydrogens is 297 g/mol. The van der Waals surface area contributed by atoms with Crippen LogP contribution in [0.4, 0.5) is 15.9 Å². The molecule has 1 N–H and O–H groups in total. The van der Waals surface area contributed by atoms with Crippen molar-refractivity contribution in [2.45, 2.75) is 38.4 Å². The van der Waals surface area contributed by atoms with Gasteiger partial charge in [-0.3, -0.25) is 10.1 Å². The van der Waals surface area contributed by atoms with E-state index >= 15 is 0 Å². The lowest BCUT2D eigenvalue weighted by molar-refractivity contribution is -0.384. The number of rotatable bonds is 8. The first kappa shape index (κ1) is 17.6. The van der Waals surface area contributed by atoms with Gasteiger partial charge in [-0.15, -0.1) is 0 Å². The summed E-state index contributed by atoms with van der Waals surface area (Å²) < 4.78 is 18.5. The van der Waals surface area contributed by atoms with Crippen LogP contribution in [0.25, 0.3) is 0 Å². The maximum atomic E-state index is 12.9. The van der Waals surface area contributed by atoms with Crippen molar-refractivity contribution in [2.75, 3.05) is 18.5 Å². The molecule has 0 aliphatic carbocycles. The van der Waals surface area contributed by atoms with Crippen molar-refractivity contribution in [2.24, 2.45) is 0 Å². The molecule has 1 heterocycles. The molecule has 118 valence electrons. The average Bonchev–Trinajstić information content (AvgIpc) is 2.37. The number of nitrogens with zero attached hydrogens (tertiary/aromatic N) is 2. The lowest BCUT2D eigenvalue weighted by atomic mass is 10.3. The van der Waals surface area contributed by atoms with Crippen LogP contribution in [0.2, 0.25) is 0 Å². The van der Waals surface area contributed by atoms with E-state index in [1.54, 1.807) is 0 Å². The molecule has 0 amide bonds. The van der Waals surface area contributed by atoms with Crippen LogP contribution in [0, 0.1) is 15.9 Å². The number of nitro groups is 1. The van der Waals surface area contributed by atoms with E-state index in [0.29, 0.717) is 13.2 Å². The monoisotopic (exact) mass is 318 g/mol. The Balaban J connectivity index is 2.29. The zero-order valence-electron chi connectivity index (χ0n) is 12.4. The Morgan fingerprint density at radius 2 is 2.19 bits per heavy atom. The smallest absolute Gasteiger partial charge is 0.314 e. The largest absolute Gasteiger partial charge is 0.364 e. The highest BCUT2D eigenvalue weighted by Crippen LogP contribution is 2.21. The van der Waals surface area contributed by atoms with E-state index in [4.69, 9.17) is 4.18 Å². The molecule has 0 saturated heterocycles. The first-order chi connectivity index (χ1) is 9.79. The Morgan fingerprint density at radius 1 is 1.48 bits per heavy atom. The van der Waals surface area contributed by atoms with E-state index in [0.717, 1.165) is 37.1 Å². The van der Waals surface area contributed by atoms with Crippen molar-refractivity contribution in [3.63, 3.8) is 0 Å². The van der Waals surface area contributed by atoms with E-state index in [9.17, 15) is 14.5 Å². The van der Waals surface area contributed by atoms with Crippen molar-refractivity contribution in [1.82, 2.24) is 4.98 Å². The Kier molecular flexibility index (Phi) is 6.83. The quantitative estimate of drug-likeness (QED) is 0.262. The Hall–Kier alpha value is -1.41. The number of hydrogen-bond donors (Lipinski definition) is 1. The Bertz CT molecular complexity index is 480. The maximum Gasteiger partial charge on any atom is 0.314 e. The van der Waals surface area contributed by atoms with Crippen LogP contribution in [0.5, 0.6) is 0 Å². The molecule has 6 nitrogen and oxygen atoms in total. The second-order valence-corrected chi connectivity index (χ2v) is 7.29. The van der Waals surface area contributed by atoms with Crippen LogP contribution < -0.4 is 5.32 Å². The minimum Gasteiger partial charge on any atom is -0.364 e. The summed E-state index contributed by atoms with van der Waals surface area (Å²) in [4.78, 5) is 13.8. The van der Waals surface area contributed by atoms with Gasteiger partial charge in [0, 0.05) is 6.54 Å². The number of thiol groups is 1. The molecule has 1 aromatic rings. The molecule has 21 heavy (non-hydrogen) atoms. The number of aromatic nitrogens is 1. The molecule has 0 radical (unpaired) electrons. The summed E-state index contributed by atoms with van der Waals surface area (Å²) in [7, 11) is 0. The van der Waals surface area contributed by atoms with E-state index in [-0.39, 0.29) is 16.3 Å². The normalized spacial score (nSPS) is 11.4. The van der Waals surface area contributed by atoms with Crippen LogP contribution in [0.1, 0.15) is 33.6 Å². The summed E-state index contributed by atoms with van der Waals surface area (Å²) in [6, 6.07) is 0.862. The van der Waals surface area contributed by atoms with Crippen molar-refractivity contribution in [3.05, 3.63) is 28.2 Å². The fraction of sp³-hybridized carbons (Fsp3) is 0.615. The summed E-state index contributed by atoms with van der Waals surface area (Å²) in [5, 5.41) is 13.6. The molecule has 0 unspecified atom stereocenters. The highest BCUT2D eigenvalue weighted by Gasteiger charge is 2.20. The first-order valence-corrected chi connectivity index (χ1v) is 7.49. The molecule has 0 aliphatic heterocycles. The minimum atomic E-state index is -0.721. The van der Waals surface area contributed by atoms with Gasteiger partial charge >= 0.3 is 5.69 Å². The predicted octanol–water partition coefficient (Wildman–Crippen LogP) is 2.87. The van der Waals surface area contributed by atoms with Gasteiger partial charge in [-0.25, -0.2) is 9.37 Å². The van der Waals surface area contributed by atoms with Gasteiger partial charge in [0.05, 0.1) is 17.2 Å². The van der Waals surface area contributed by atoms with Crippen LogP contribution in [-0.4, -0.2) is 27.8 Å². The van der Waals surface area contributed by atoms with Crippen molar-refractivity contribution < 1.29 is 13.5 Å². The summed E-state index contributed by atoms with van der Waals surface area (Å²) in [5.74, 6) is -0.628. The second-order valence-electron chi connectivity index (χ2n) is 5.51. The number of unbranched alkanes of at least 4 members (excludes halogenated alkanes) is 1. The molecule has 0 spiro atoms. The van der Waals surface area contributed by atoms with E-state index in [2.05, 4.69) is 31.1 Å². The van der Waals surface area contributed by atoms with Crippen LogP contribution in [-0.2, 0) is 16.2 Å². The third kappa shape index (κ3) is 7.24. The zero-order valence-corrected chi connectivity index (χ0v) is 13.3. The van der Waals surface area contributed by atoms with Gasteiger partial charge < -0.3 is 5.32 Å². The molecule has 1 aromatic heterocycles. The first-order valence-electron chi connectivity index (χ1n) is 6.67. The van der Waals surface area contributed by atoms with Gasteiger partial charge in [-0.2, -0.15) is 4.18 Å². The third-order valence-corrected chi connectivity index (χ3v) is 3.18. The molecule has 8 heteroatoms. The lowest BCUT2D eigenvalue weighted by Gasteiger charge is -2.07. The third-order valence-electron chi connectivity index (χ3n) is 2.32. The van der Waals surface area contributed by atoms with Crippen LogP contribution in [0.3, 0.4) is 0 Å². The maximum absolute atomic E-state index is 12.9. The van der Waals surface area contributed by atoms with Crippen LogP contribution >= 0.6 is 0 Å². The average molecular weight is 318 g/mol. The van der Waals surface area contributed by atoms with Gasteiger partial charge in [-0.1, -0.05) is 0 Å². The van der Waals surface area contributed by atoms with Crippen molar-refractivity contribution in [3.8, 4) is 0 Å². The van der Waals surface area contributed by atoms with E-state index in [1.807, 2.05) is 0 Å². The van der Waals surface area contributed by atoms with E-state index < -0.39 is 10.7 Å². The van der Waals surface area contributed by atoms with Crippen molar-refractivity contribution in [1.29, 1.82) is 0 Å². The topological polar surface area (TPSA) is 77.3 Å². The Morgan fingerprint density at radius 3 is 2.81 bits per heavy atom. The number of pyridine rings is 1. The lowest BCUT2D eigenvalue weighted by Crippen LogP contribution is -2.18. The molecular formula is C13H21FN3O3S+. The number of nitrogens with one attached hydrogen (secondary N) is 1.